The van der Waals surface area contributed by atoms with E-state index in [2.05, 4.69) is 15.5 Å². The number of hydrogen-bond acceptors (Lipinski definition) is 5. The van der Waals surface area contributed by atoms with Gasteiger partial charge in [0.25, 0.3) is 0 Å². The maximum absolute atomic E-state index is 10.8. The molecule has 1 aromatic heterocycles. The Balaban J connectivity index is 2.24. The number of aliphatic carboxylic acids is 1. The van der Waals surface area contributed by atoms with Crippen molar-refractivity contribution in [3.05, 3.63) is 5.82 Å². The van der Waals surface area contributed by atoms with Crippen molar-refractivity contribution in [3.8, 4) is 0 Å². The topological polar surface area (TPSA) is 80.9 Å². The molecule has 0 saturated carbocycles. The third kappa shape index (κ3) is 1.97. The molecule has 1 N–H and O–H groups in total. The van der Waals surface area contributed by atoms with Gasteiger partial charge in [0.05, 0.1) is 0 Å². The highest BCUT2D eigenvalue weighted by Gasteiger charge is 2.27. The van der Waals surface area contributed by atoms with Gasteiger partial charge >= 0.3 is 5.97 Å². The minimum absolute atomic E-state index is 0.298. The normalized spacial score (nSPS) is 22.9. The second-order valence-electron chi connectivity index (χ2n) is 3.56. The molecule has 7 heteroatoms. The Bertz CT molecular complexity index is 361. The SMILES string of the molecule is CC(C(=O)O)n1nnnc1C1CCSC1. The third-order valence-corrected chi connectivity index (χ3v) is 3.70. The highest BCUT2D eigenvalue weighted by Crippen LogP contribution is 2.31. The number of carboxylic acids is 1. The highest BCUT2D eigenvalue weighted by molar-refractivity contribution is 7.99. The van der Waals surface area contributed by atoms with Crippen molar-refractivity contribution in [3.63, 3.8) is 0 Å². The van der Waals surface area contributed by atoms with Gasteiger partial charge in [-0.1, -0.05) is 0 Å². The summed E-state index contributed by atoms with van der Waals surface area (Å²) in [5, 5.41) is 20.1. The molecule has 0 radical (unpaired) electrons. The van der Waals surface area contributed by atoms with Crippen molar-refractivity contribution in [2.24, 2.45) is 0 Å². The summed E-state index contributed by atoms with van der Waals surface area (Å²) in [4.78, 5) is 10.8. The lowest BCUT2D eigenvalue weighted by Crippen LogP contribution is -2.21. The van der Waals surface area contributed by atoms with Gasteiger partial charge in [-0.05, 0) is 29.5 Å². The van der Waals surface area contributed by atoms with Crippen molar-refractivity contribution in [1.82, 2.24) is 20.2 Å². The van der Waals surface area contributed by atoms with Gasteiger partial charge in [-0.3, -0.25) is 0 Å². The molecule has 0 bridgehead atoms. The van der Waals surface area contributed by atoms with Gasteiger partial charge in [0, 0.05) is 11.7 Å². The Morgan fingerprint density at radius 3 is 3.13 bits per heavy atom. The minimum Gasteiger partial charge on any atom is -0.480 e. The predicted octanol–water partition coefficient (Wildman–Crippen LogP) is 0.539. The Morgan fingerprint density at radius 2 is 2.53 bits per heavy atom. The molecular weight excluding hydrogens is 216 g/mol. The van der Waals surface area contributed by atoms with Gasteiger partial charge in [-0.25, -0.2) is 9.48 Å². The van der Waals surface area contributed by atoms with Crippen molar-refractivity contribution >= 4 is 17.7 Å². The molecule has 1 aliphatic rings. The molecule has 0 amide bonds. The molecule has 1 saturated heterocycles. The van der Waals surface area contributed by atoms with Crippen molar-refractivity contribution < 1.29 is 9.90 Å². The lowest BCUT2D eigenvalue weighted by atomic mass is 10.1. The Labute approximate surface area is 91.0 Å². The van der Waals surface area contributed by atoms with E-state index in [0.717, 1.165) is 17.9 Å². The smallest absolute Gasteiger partial charge is 0.328 e. The number of tetrazole rings is 1. The van der Waals surface area contributed by atoms with E-state index in [1.165, 1.54) is 4.68 Å². The van der Waals surface area contributed by atoms with Crippen LogP contribution in [0.25, 0.3) is 0 Å². The summed E-state index contributed by atoms with van der Waals surface area (Å²) in [6.45, 7) is 1.59. The summed E-state index contributed by atoms with van der Waals surface area (Å²) in [7, 11) is 0. The molecule has 15 heavy (non-hydrogen) atoms. The molecular formula is C8H12N4O2S. The van der Waals surface area contributed by atoms with Crippen LogP contribution in [0.1, 0.15) is 31.1 Å². The number of aromatic nitrogens is 4. The van der Waals surface area contributed by atoms with Crippen LogP contribution in [0.3, 0.4) is 0 Å². The molecule has 2 rings (SSSR count). The van der Waals surface area contributed by atoms with Gasteiger partial charge in [-0.15, -0.1) is 5.10 Å². The van der Waals surface area contributed by atoms with E-state index in [1.807, 2.05) is 11.8 Å². The average molecular weight is 228 g/mol. The van der Waals surface area contributed by atoms with Crippen LogP contribution >= 0.6 is 11.8 Å². The monoisotopic (exact) mass is 228 g/mol. The van der Waals surface area contributed by atoms with Crippen LogP contribution in [-0.2, 0) is 4.79 Å². The van der Waals surface area contributed by atoms with Gasteiger partial charge in [-0.2, -0.15) is 11.8 Å². The van der Waals surface area contributed by atoms with Crippen LogP contribution in [0.2, 0.25) is 0 Å². The largest absolute Gasteiger partial charge is 0.480 e. The summed E-state index contributed by atoms with van der Waals surface area (Å²) >= 11 is 1.85. The number of thioether (sulfide) groups is 1. The number of rotatable bonds is 3. The van der Waals surface area contributed by atoms with Crippen LogP contribution in [0.4, 0.5) is 0 Å². The first-order valence-corrected chi connectivity index (χ1v) is 5.94. The number of carboxylic acid groups (broad SMARTS) is 1. The number of nitrogens with zero attached hydrogens (tertiary/aromatic N) is 4. The van der Waals surface area contributed by atoms with Crippen LogP contribution < -0.4 is 0 Å². The van der Waals surface area contributed by atoms with Crippen LogP contribution in [-0.4, -0.2) is 42.8 Å². The highest BCUT2D eigenvalue weighted by atomic mass is 32.2. The van der Waals surface area contributed by atoms with Crippen LogP contribution in [0, 0.1) is 0 Å². The van der Waals surface area contributed by atoms with E-state index >= 15 is 0 Å². The average Bonchev–Trinajstić information content (AvgIpc) is 2.86. The van der Waals surface area contributed by atoms with E-state index in [-0.39, 0.29) is 0 Å². The van der Waals surface area contributed by atoms with Crippen molar-refractivity contribution in [1.29, 1.82) is 0 Å². The first-order chi connectivity index (χ1) is 7.20. The maximum atomic E-state index is 10.8. The molecule has 0 spiro atoms. The predicted molar refractivity (Wildman–Crippen MR) is 54.8 cm³/mol. The van der Waals surface area contributed by atoms with Crippen molar-refractivity contribution in [2.75, 3.05) is 11.5 Å². The second-order valence-corrected chi connectivity index (χ2v) is 4.71. The fourth-order valence-electron chi connectivity index (χ4n) is 1.59. The fraction of sp³-hybridized carbons (Fsp3) is 0.750. The lowest BCUT2D eigenvalue weighted by molar-refractivity contribution is -0.140. The van der Waals surface area contributed by atoms with Crippen LogP contribution in [0.15, 0.2) is 0 Å². The van der Waals surface area contributed by atoms with Gasteiger partial charge in [0.1, 0.15) is 6.04 Å². The van der Waals surface area contributed by atoms with Crippen LogP contribution in [0.5, 0.6) is 0 Å². The second kappa shape index (κ2) is 4.18. The van der Waals surface area contributed by atoms with E-state index in [1.54, 1.807) is 6.92 Å². The first-order valence-electron chi connectivity index (χ1n) is 4.78. The van der Waals surface area contributed by atoms with E-state index in [0.29, 0.717) is 11.7 Å². The summed E-state index contributed by atoms with van der Waals surface area (Å²) in [6.07, 6.45) is 1.03. The third-order valence-electron chi connectivity index (χ3n) is 2.54. The summed E-state index contributed by atoms with van der Waals surface area (Å²) in [5.41, 5.74) is 0. The molecule has 6 nitrogen and oxygen atoms in total. The standard InChI is InChI=1S/C8H12N4O2S/c1-5(8(13)14)12-7(9-10-11-12)6-2-3-15-4-6/h5-6H,2-4H2,1H3,(H,13,14). The molecule has 2 atom stereocenters. The zero-order chi connectivity index (χ0) is 10.8. The molecule has 2 heterocycles. The summed E-state index contributed by atoms with van der Waals surface area (Å²) < 4.78 is 1.42. The lowest BCUT2D eigenvalue weighted by Gasteiger charge is -2.11. The molecule has 82 valence electrons. The Hall–Kier alpha value is -1.11. The summed E-state index contributed by atoms with van der Waals surface area (Å²) in [5.74, 6) is 2.17. The molecule has 2 unspecified atom stereocenters. The van der Waals surface area contributed by atoms with Gasteiger partial charge in [0.15, 0.2) is 5.82 Å². The number of carbonyl (C=O) groups is 1. The molecule has 1 aliphatic heterocycles. The van der Waals surface area contributed by atoms with E-state index in [4.69, 9.17) is 5.11 Å². The molecule has 0 aliphatic carbocycles. The zero-order valence-electron chi connectivity index (χ0n) is 8.33. The Kier molecular flexibility index (Phi) is 2.90. The van der Waals surface area contributed by atoms with E-state index < -0.39 is 12.0 Å². The zero-order valence-corrected chi connectivity index (χ0v) is 9.15. The molecule has 0 aromatic carbocycles. The van der Waals surface area contributed by atoms with Crippen molar-refractivity contribution in [2.45, 2.75) is 25.3 Å². The molecule has 1 aromatic rings. The van der Waals surface area contributed by atoms with Gasteiger partial charge < -0.3 is 5.11 Å². The maximum Gasteiger partial charge on any atom is 0.328 e. The van der Waals surface area contributed by atoms with Gasteiger partial charge in [0.2, 0.25) is 0 Å². The minimum atomic E-state index is -0.908. The fourth-order valence-corrected chi connectivity index (χ4v) is 2.81. The quantitative estimate of drug-likeness (QED) is 0.813. The first kappa shape index (κ1) is 10.4. The van der Waals surface area contributed by atoms with E-state index in [9.17, 15) is 4.79 Å². The summed E-state index contributed by atoms with van der Waals surface area (Å²) in [6, 6.07) is -0.694. The number of hydrogen-bond donors (Lipinski definition) is 1. The Morgan fingerprint density at radius 1 is 1.73 bits per heavy atom. The molecule has 1 fully saturated rings.